The number of ether oxygens (including phenoxy) is 2. The molecule has 1 unspecified atom stereocenters. The second-order valence-corrected chi connectivity index (χ2v) is 4.87. The Morgan fingerprint density at radius 3 is 2.33 bits per heavy atom. The molecular formula is C12H24O3. The van der Waals surface area contributed by atoms with Crippen molar-refractivity contribution in [2.45, 2.75) is 51.2 Å². The lowest BCUT2D eigenvalue weighted by atomic mass is 9.84. The molecule has 1 N–H and O–H groups in total. The number of aliphatic hydroxyl groups is 1. The predicted molar refractivity (Wildman–Crippen MR) is 59.9 cm³/mol. The van der Waals surface area contributed by atoms with Crippen molar-refractivity contribution in [3.8, 4) is 0 Å². The lowest BCUT2D eigenvalue weighted by Crippen LogP contribution is -2.48. The molecule has 1 fully saturated rings. The van der Waals surface area contributed by atoms with E-state index in [0.717, 1.165) is 25.7 Å². The van der Waals surface area contributed by atoms with Gasteiger partial charge in [0.05, 0.1) is 11.7 Å². The number of rotatable bonds is 5. The molecule has 3 nitrogen and oxygen atoms in total. The Labute approximate surface area is 92.8 Å². The van der Waals surface area contributed by atoms with Gasteiger partial charge in [0.15, 0.2) is 0 Å². The Bertz CT molecular complexity index is 174. The summed E-state index contributed by atoms with van der Waals surface area (Å²) in [6.45, 7) is 5.76. The highest BCUT2D eigenvalue weighted by Crippen LogP contribution is 2.31. The van der Waals surface area contributed by atoms with Gasteiger partial charge in [0, 0.05) is 33.2 Å². The maximum absolute atomic E-state index is 10.2. The predicted octanol–water partition coefficient (Wildman–Crippen LogP) is 1.98. The molecule has 90 valence electrons. The van der Waals surface area contributed by atoms with E-state index in [-0.39, 0.29) is 11.7 Å². The van der Waals surface area contributed by atoms with Gasteiger partial charge in [0.1, 0.15) is 0 Å². The summed E-state index contributed by atoms with van der Waals surface area (Å²) in [5.74, 6) is 0.633. The minimum Gasteiger partial charge on any atom is -0.390 e. The first-order valence-corrected chi connectivity index (χ1v) is 5.91. The van der Waals surface area contributed by atoms with E-state index in [9.17, 15) is 5.11 Å². The molecule has 0 bridgehead atoms. The van der Waals surface area contributed by atoms with Gasteiger partial charge in [-0.1, -0.05) is 13.8 Å². The van der Waals surface area contributed by atoms with E-state index in [1.807, 2.05) is 0 Å². The lowest BCUT2D eigenvalue weighted by Gasteiger charge is -2.40. The van der Waals surface area contributed by atoms with Crippen LogP contribution in [0.3, 0.4) is 0 Å². The first kappa shape index (κ1) is 12.9. The van der Waals surface area contributed by atoms with Crippen molar-refractivity contribution in [3.63, 3.8) is 0 Å². The summed E-state index contributed by atoms with van der Waals surface area (Å²) in [6, 6.07) is 0. The van der Waals surface area contributed by atoms with E-state index in [4.69, 9.17) is 9.47 Å². The number of methoxy groups -OCH3 is 1. The van der Waals surface area contributed by atoms with Crippen molar-refractivity contribution < 1.29 is 14.6 Å². The van der Waals surface area contributed by atoms with Crippen LogP contribution < -0.4 is 0 Å². The molecule has 3 heteroatoms. The van der Waals surface area contributed by atoms with Crippen molar-refractivity contribution in [1.82, 2.24) is 0 Å². The van der Waals surface area contributed by atoms with Crippen LogP contribution in [-0.2, 0) is 9.47 Å². The Kier molecular flexibility index (Phi) is 5.03. The summed E-state index contributed by atoms with van der Waals surface area (Å²) in [5, 5.41) is 10.2. The fraction of sp³-hybridized carbons (Fsp3) is 1.00. The van der Waals surface area contributed by atoms with Gasteiger partial charge in [-0.3, -0.25) is 0 Å². The van der Waals surface area contributed by atoms with Crippen LogP contribution in [0, 0.1) is 5.92 Å². The average molecular weight is 216 g/mol. The first-order chi connectivity index (χ1) is 7.10. The van der Waals surface area contributed by atoms with Crippen LogP contribution in [0.5, 0.6) is 0 Å². The van der Waals surface area contributed by atoms with Crippen molar-refractivity contribution in [2.75, 3.05) is 20.3 Å². The molecule has 0 radical (unpaired) electrons. The van der Waals surface area contributed by atoms with Crippen LogP contribution >= 0.6 is 0 Å². The van der Waals surface area contributed by atoms with E-state index in [2.05, 4.69) is 13.8 Å². The van der Waals surface area contributed by atoms with Gasteiger partial charge < -0.3 is 14.6 Å². The minimum atomic E-state index is -0.354. The summed E-state index contributed by atoms with van der Waals surface area (Å²) >= 11 is 0. The topological polar surface area (TPSA) is 38.7 Å². The molecule has 1 heterocycles. The van der Waals surface area contributed by atoms with E-state index < -0.39 is 0 Å². The second-order valence-electron chi connectivity index (χ2n) is 4.87. The van der Waals surface area contributed by atoms with Gasteiger partial charge >= 0.3 is 0 Å². The molecule has 0 saturated carbocycles. The zero-order valence-electron chi connectivity index (χ0n) is 10.2. The summed E-state index contributed by atoms with van der Waals surface area (Å²) in [5.41, 5.74) is -0.354. The summed E-state index contributed by atoms with van der Waals surface area (Å²) in [6.07, 6.45) is 3.14. The van der Waals surface area contributed by atoms with E-state index in [1.54, 1.807) is 7.11 Å². The SMILES string of the molecule is COC1(C(O)CCC(C)C)CCOCC1. The standard InChI is InChI=1S/C12H24O3/c1-10(2)4-5-11(13)12(14-3)6-8-15-9-7-12/h10-11,13H,4-9H2,1-3H3. The van der Waals surface area contributed by atoms with Crippen LogP contribution in [0.4, 0.5) is 0 Å². The Hall–Kier alpha value is -0.120. The van der Waals surface area contributed by atoms with E-state index in [0.29, 0.717) is 19.1 Å². The fourth-order valence-electron chi connectivity index (χ4n) is 2.14. The molecule has 1 atom stereocenters. The first-order valence-electron chi connectivity index (χ1n) is 5.91. The van der Waals surface area contributed by atoms with Crippen LogP contribution in [0.1, 0.15) is 39.5 Å². The summed E-state index contributed by atoms with van der Waals surface area (Å²) in [4.78, 5) is 0. The van der Waals surface area contributed by atoms with Crippen molar-refractivity contribution >= 4 is 0 Å². The summed E-state index contributed by atoms with van der Waals surface area (Å²) < 4.78 is 10.9. The zero-order chi connectivity index (χ0) is 11.3. The third kappa shape index (κ3) is 3.44. The van der Waals surface area contributed by atoms with Crippen LogP contribution in [0.25, 0.3) is 0 Å². The Morgan fingerprint density at radius 1 is 1.27 bits per heavy atom. The second kappa shape index (κ2) is 5.83. The van der Waals surface area contributed by atoms with Crippen molar-refractivity contribution in [3.05, 3.63) is 0 Å². The van der Waals surface area contributed by atoms with Gasteiger partial charge in [-0.05, 0) is 18.8 Å². The third-order valence-electron chi connectivity index (χ3n) is 3.37. The Balaban J connectivity index is 2.48. The molecule has 0 spiro atoms. The van der Waals surface area contributed by atoms with Gasteiger partial charge in [0.25, 0.3) is 0 Å². The lowest BCUT2D eigenvalue weighted by molar-refractivity contribution is -0.154. The molecule has 1 rings (SSSR count). The van der Waals surface area contributed by atoms with Gasteiger partial charge in [0.2, 0.25) is 0 Å². The molecule has 1 aliphatic heterocycles. The minimum absolute atomic E-state index is 0.353. The largest absolute Gasteiger partial charge is 0.390 e. The molecule has 1 aliphatic rings. The number of aliphatic hydroxyl groups excluding tert-OH is 1. The number of hydrogen-bond acceptors (Lipinski definition) is 3. The zero-order valence-corrected chi connectivity index (χ0v) is 10.2. The molecule has 1 saturated heterocycles. The van der Waals surface area contributed by atoms with Gasteiger partial charge in [-0.2, -0.15) is 0 Å². The molecule has 0 aromatic rings. The molecular weight excluding hydrogens is 192 g/mol. The molecule has 0 aromatic carbocycles. The number of hydrogen-bond donors (Lipinski definition) is 1. The average Bonchev–Trinajstić information content (AvgIpc) is 2.26. The highest BCUT2D eigenvalue weighted by Gasteiger charge is 2.39. The normalized spacial score (nSPS) is 23.0. The summed E-state index contributed by atoms with van der Waals surface area (Å²) in [7, 11) is 1.70. The maximum Gasteiger partial charge on any atom is 0.0980 e. The third-order valence-corrected chi connectivity index (χ3v) is 3.37. The quantitative estimate of drug-likeness (QED) is 0.763. The van der Waals surface area contributed by atoms with Gasteiger partial charge in [-0.25, -0.2) is 0 Å². The van der Waals surface area contributed by atoms with Crippen LogP contribution in [0.15, 0.2) is 0 Å². The van der Waals surface area contributed by atoms with Gasteiger partial charge in [-0.15, -0.1) is 0 Å². The molecule has 0 aromatic heterocycles. The highest BCUT2D eigenvalue weighted by atomic mass is 16.5. The fourth-order valence-corrected chi connectivity index (χ4v) is 2.14. The van der Waals surface area contributed by atoms with Crippen molar-refractivity contribution in [1.29, 1.82) is 0 Å². The van der Waals surface area contributed by atoms with Crippen LogP contribution in [-0.4, -0.2) is 37.1 Å². The Morgan fingerprint density at radius 2 is 1.87 bits per heavy atom. The molecule has 0 aliphatic carbocycles. The molecule has 0 amide bonds. The highest BCUT2D eigenvalue weighted by molar-refractivity contribution is 4.90. The monoisotopic (exact) mass is 216 g/mol. The van der Waals surface area contributed by atoms with Crippen LogP contribution in [0.2, 0.25) is 0 Å². The maximum atomic E-state index is 10.2. The van der Waals surface area contributed by atoms with E-state index >= 15 is 0 Å². The van der Waals surface area contributed by atoms with E-state index in [1.165, 1.54) is 0 Å². The smallest absolute Gasteiger partial charge is 0.0980 e. The molecule has 15 heavy (non-hydrogen) atoms. The van der Waals surface area contributed by atoms with Crippen molar-refractivity contribution in [2.24, 2.45) is 5.92 Å².